The molecule has 1 saturated heterocycles. The summed E-state index contributed by atoms with van der Waals surface area (Å²) in [4.78, 5) is 19.7. The van der Waals surface area contributed by atoms with Crippen molar-refractivity contribution < 1.29 is 18.7 Å². The molecule has 1 amide bonds. The summed E-state index contributed by atoms with van der Waals surface area (Å²) < 4.78 is 26.9. The molecule has 3 heterocycles. The van der Waals surface area contributed by atoms with Crippen molar-refractivity contribution in [1.82, 2.24) is 14.5 Å². The molecule has 0 radical (unpaired) electrons. The van der Waals surface area contributed by atoms with Crippen LogP contribution in [0.2, 0.25) is 0 Å². The van der Waals surface area contributed by atoms with Crippen LogP contribution in [0.3, 0.4) is 0 Å². The van der Waals surface area contributed by atoms with Gasteiger partial charge in [-0.1, -0.05) is 12.5 Å². The Hall–Kier alpha value is -3.09. The largest absolute Gasteiger partial charge is 0.454 e. The number of imidazole rings is 1. The van der Waals surface area contributed by atoms with E-state index in [-0.39, 0.29) is 24.6 Å². The van der Waals surface area contributed by atoms with Gasteiger partial charge in [0.25, 0.3) is 0 Å². The molecule has 3 aliphatic rings. The molecule has 7 heteroatoms. The smallest absolute Gasteiger partial charge is 0.231 e. The van der Waals surface area contributed by atoms with Crippen LogP contribution in [0.25, 0.3) is 11.0 Å². The fraction of sp³-hybridized carbons (Fsp3) is 0.440. The number of aromatic nitrogens is 2. The second-order valence-electron chi connectivity index (χ2n) is 9.08. The highest BCUT2D eigenvalue weighted by molar-refractivity contribution is 5.79. The summed E-state index contributed by atoms with van der Waals surface area (Å²) in [6, 6.07) is 10.9. The van der Waals surface area contributed by atoms with Gasteiger partial charge in [0.2, 0.25) is 12.7 Å². The molecule has 0 spiro atoms. The van der Waals surface area contributed by atoms with Gasteiger partial charge in [-0.15, -0.1) is 0 Å². The number of ether oxygens (including phenoxy) is 2. The van der Waals surface area contributed by atoms with Crippen molar-refractivity contribution in [3.05, 3.63) is 53.6 Å². The third-order valence-corrected chi connectivity index (χ3v) is 7.12. The monoisotopic (exact) mass is 435 g/mol. The lowest BCUT2D eigenvalue weighted by atomic mass is 9.84. The van der Waals surface area contributed by atoms with Gasteiger partial charge in [0, 0.05) is 31.1 Å². The highest BCUT2D eigenvalue weighted by Crippen LogP contribution is 2.40. The molecule has 0 atom stereocenters. The summed E-state index contributed by atoms with van der Waals surface area (Å²) in [6.07, 6.45) is 5.67. The molecule has 0 bridgehead atoms. The van der Waals surface area contributed by atoms with Crippen molar-refractivity contribution in [1.29, 1.82) is 0 Å². The van der Waals surface area contributed by atoms with Gasteiger partial charge in [-0.25, -0.2) is 9.37 Å². The molecular formula is C25H26FN3O3. The molecule has 2 fully saturated rings. The van der Waals surface area contributed by atoms with E-state index in [1.54, 1.807) is 0 Å². The van der Waals surface area contributed by atoms with Crippen molar-refractivity contribution in [3.63, 3.8) is 0 Å². The third kappa shape index (κ3) is 3.40. The number of carbonyl (C=O) groups is 1. The van der Waals surface area contributed by atoms with E-state index in [0.29, 0.717) is 18.1 Å². The number of benzene rings is 2. The first-order valence-electron chi connectivity index (χ1n) is 11.5. The first-order valence-corrected chi connectivity index (χ1v) is 11.5. The molecule has 1 saturated carbocycles. The zero-order valence-electron chi connectivity index (χ0n) is 17.9. The maximum absolute atomic E-state index is 13.8. The zero-order chi connectivity index (χ0) is 21.7. The molecule has 32 heavy (non-hydrogen) atoms. The van der Waals surface area contributed by atoms with E-state index in [1.807, 2.05) is 29.2 Å². The van der Waals surface area contributed by atoms with Gasteiger partial charge < -0.3 is 18.9 Å². The summed E-state index contributed by atoms with van der Waals surface area (Å²) in [7, 11) is 0. The third-order valence-electron chi connectivity index (χ3n) is 7.12. The summed E-state index contributed by atoms with van der Waals surface area (Å²) in [5.41, 5.74) is 2.70. The lowest BCUT2D eigenvalue weighted by molar-refractivity contribution is -0.131. The van der Waals surface area contributed by atoms with Gasteiger partial charge in [0.15, 0.2) is 11.5 Å². The van der Waals surface area contributed by atoms with E-state index in [2.05, 4.69) is 4.57 Å². The van der Waals surface area contributed by atoms with E-state index in [4.69, 9.17) is 14.5 Å². The van der Waals surface area contributed by atoms with Crippen LogP contribution >= 0.6 is 0 Å². The van der Waals surface area contributed by atoms with Crippen LogP contribution in [0.1, 0.15) is 55.5 Å². The first-order chi connectivity index (χ1) is 15.7. The number of carbonyl (C=O) groups excluding carboxylic acids is 1. The van der Waals surface area contributed by atoms with E-state index < -0.39 is 0 Å². The Morgan fingerprint density at radius 3 is 2.62 bits per heavy atom. The minimum atomic E-state index is -0.244. The van der Waals surface area contributed by atoms with Crippen molar-refractivity contribution in [2.45, 2.75) is 50.5 Å². The molecule has 2 aromatic carbocycles. The molecule has 3 aromatic rings. The molecule has 1 aliphatic carbocycles. The van der Waals surface area contributed by atoms with E-state index in [1.165, 1.54) is 18.6 Å². The molecule has 0 N–H and O–H groups in total. The SMILES string of the molecule is O=C(Cc1ccc2c(c1)OCO2)N1CCC(n2c(C3CCC3)nc3cc(F)ccc32)CC1. The fourth-order valence-corrected chi connectivity index (χ4v) is 5.14. The minimum absolute atomic E-state index is 0.138. The summed E-state index contributed by atoms with van der Waals surface area (Å²) in [5, 5.41) is 0. The Labute approximate surface area is 185 Å². The molecule has 0 unspecified atom stereocenters. The first kappa shape index (κ1) is 19.6. The minimum Gasteiger partial charge on any atom is -0.454 e. The molecular weight excluding hydrogens is 409 g/mol. The van der Waals surface area contributed by atoms with Gasteiger partial charge in [0.05, 0.1) is 17.5 Å². The molecule has 6 rings (SSSR count). The Balaban J connectivity index is 1.17. The normalized spacial score (nSPS) is 18.8. The number of amides is 1. The van der Waals surface area contributed by atoms with Crippen molar-refractivity contribution in [3.8, 4) is 11.5 Å². The van der Waals surface area contributed by atoms with Crippen LogP contribution in [0, 0.1) is 5.82 Å². The Kier molecular flexibility index (Phi) is 4.77. The average Bonchev–Trinajstić information content (AvgIpc) is 3.36. The van der Waals surface area contributed by atoms with Crippen LogP contribution in [-0.4, -0.2) is 40.2 Å². The van der Waals surface area contributed by atoms with Gasteiger partial charge in [-0.3, -0.25) is 4.79 Å². The fourth-order valence-electron chi connectivity index (χ4n) is 5.14. The number of rotatable bonds is 4. The number of nitrogens with zero attached hydrogens (tertiary/aromatic N) is 3. The van der Waals surface area contributed by atoms with E-state index in [0.717, 1.165) is 66.9 Å². The average molecular weight is 435 g/mol. The zero-order valence-corrected chi connectivity index (χ0v) is 17.9. The van der Waals surface area contributed by atoms with E-state index in [9.17, 15) is 9.18 Å². The molecule has 1 aromatic heterocycles. The lowest BCUT2D eigenvalue weighted by Crippen LogP contribution is -2.40. The molecule has 6 nitrogen and oxygen atoms in total. The van der Waals surface area contributed by atoms with Crippen molar-refractivity contribution in [2.75, 3.05) is 19.9 Å². The number of likely N-dealkylation sites (tertiary alicyclic amines) is 1. The number of fused-ring (bicyclic) bond motifs is 2. The van der Waals surface area contributed by atoms with Crippen LogP contribution in [0.5, 0.6) is 11.5 Å². The predicted octanol–water partition coefficient (Wildman–Crippen LogP) is 4.58. The number of hydrogen-bond acceptors (Lipinski definition) is 4. The number of hydrogen-bond donors (Lipinski definition) is 0. The van der Waals surface area contributed by atoms with Crippen LogP contribution in [0.4, 0.5) is 4.39 Å². The van der Waals surface area contributed by atoms with Crippen molar-refractivity contribution >= 4 is 16.9 Å². The summed E-state index contributed by atoms with van der Waals surface area (Å²) >= 11 is 0. The highest BCUT2D eigenvalue weighted by Gasteiger charge is 2.31. The maximum Gasteiger partial charge on any atom is 0.231 e. The lowest BCUT2D eigenvalue weighted by Gasteiger charge is -2.35. The quantitative estimate of drug-likeness (QED) is 0.602. The van der Waals surface area contributed by atoms with Crippen LogP contribution < -0.4 is 9.47 Å². The van der Waals surface area contributed by atoms with Gasteiger partial charge in [-0.05, 0) is 55.5 Å². The van der Waals surface area contributed by atoms with Gasteiger partial charge >= 0.3 is 0 Å². The highest BCUT2D eigenvalue weighted by atomic mass is 19.1. The van der Waals surface area contributed by atoms with Gasteiger partial charge in [-0.2, -0.15) is 0 Å². The van der Waals surface area contributed by atoms with E-state index >= 15 is 0 Å². The predicted molar refractivity (Wildman–Crippen MR) is 117 cm³/mol. The number of halogens is 1. The van der Waals surface area contributed by atoms with Crippen LogP contribution in [0.15, 0.2) is 36.4 Å². The molecule has 2 aliphatic heterocycles. The summed E-state index contributed by atoms with van der Waals surface area (Å²) in [6.45, 7) is 1.68. The Morgan fingerprint density at radius 1 is 1.03 bits per heavy atom. The second kappa shape index (κ2) is 7.80. The Bertz CT molecular complexity index is 1180. The maximum atomic E-state index is 13.8. The second-order valence-corrected chi connectivity index (χ2v) is 9.08. The van der Waals surface area contributed by atoms with Crippen LogP contribution in [-0.2, 0) is 11.2 Å². The summed E-state index contributed by atoms with van der Waals surface area (Å²) in [5.74, 6) is 2.90. The van der Waals surface area contributed by atoms with Gasteiger partial charge in [0.1, 0.15) is 11.6 Å². The van der Waals surface area contributed by atoms with Crippen molar-refractivity contribution in [2.24, 2.45) is 0 Å². The molecule has 166 valence electrons. The Morgan fingerprint density at radius 2 is 1.84 bits per heavy atom. The number of piperidine rings is 1. The topological polar surface area (TPSA) is 56.6 Å². The standard InChI is InChI=1S/C25H26FN3O3/c26-18-5-6-21-20(14-18)27-25(17-2-1-3-17)29(21)19-8-10-28(11-9-19)24(30)13-16-4-7-22-23(12-16)32-15-31-22/h4-7,12,14,17,19H,1-3,8-11,13,15H2.